The second kappa shape index (κ2) is 9.88. The van der Waals surface area contributed by atoms with Gasteiger partial charge in [-0.1, -0.05) is 47.5 Å². The Labute approximate surface area is 220 Å². The van der Waals surface area contributed by atoms with Crippen LogP contribution in [0.5, 0.6) is 5.75 Å². The highest BCUT2D eigenvalue weighted by Crippen LogP contribution is 2.34. The summed E-state index contributed by atoms with van der Waals surface area (Å²) >= 11 is 12.1. The van der Waals surface area contributed by atoms with Gasteiger partial charge in [-0.25, -0.2) is 9.97 Å². The van der Waals surface area contributed by atoms with Gasteiger partial charge in [-0.05, 0) is 60.7 Å². The molecule has 2 heterocycles. The molecule has 37 heavy (non-hydrogen) atoms. The van der Waals surface area contributed by atoms with Crippen molar-refractivity contribution >= 4 is 23.2 Å². The topological polar surface area (TPSA) is 52.8 Å². The van der Waals surface area contributed by atoms with Crippen molar-refractivity contribution in [3.05, 3.63) is 101 Å². The van der Waals surface area contributed by atoms with Gasteiger partial charge in [0.2, 0.25) is 0 Å². The molecule has 0 bridgehead atoms. The maximum Gasteiger partial charge on any atom is 0.433 e. The third kappa shape index (κ3) is 5.30. The highest BCUT2D eigenvalue weighted by Gasteiger charge is 2.34. The first-order chi connectivity index (χ1) is 17.7. The molecule has 186 valence electrons. The number of hydrogen-bond acceptors (Lipinski definition) is 4. The van der Waals surface area contributed by atoms with Crippen LogP contribution in [0.25, 0.3) is 39.7 Å². The quantitative estimate of drug-likeness (QED) is 0.226. The van der Waals surface area contributed by atoms with E-state index in [1.165, 1.54) is 11.8 Å². The van der Waals surface area contributed by atoms with Gasteiger partial charge < -0.3 is 4.74 Å². The number of ether oxygens (including phenoxy) is 1. The van der Waals surface area contributed by atoms with E-state index in [9.17, 15) is 13.2 Å². The molecule has 0 fully saturated rings. The standard InChI is InChI=1S/C27H17Cl2F3N4O/c1-37-21-12-6-16(7-13-21)22-15-25(27(30,31)32)34-26(33-22)36-24(18-4-10-20(29)11-5-18)14-23(35-36)17-2-8-19(28)9-3-17/h2-15H,1H3. The van der Waals surface area contributed by atoms with Gasteiger partial charge in [0.25, 0.3) is 5.95 Å². The van der Waals surface area contributed by atoms with E-state index in [1.54, 1.807) is 78.9 Å². The molecule has 5 aromatic rings. The molecule has 2 aromatic heterocycles. The highest BCUT2D eigenvalue weighted by atomic mass is 35.5. The fourth-order valence-corrected chi connectivity index (χ4v) is 3.96. The van der Waals surface area contributed by atoms with Gasteiger partial charge in [0.05, 0.1) is 24.2 Å². The molecule has 10 heteroatoms. The summed E-state index contributed by atoms with van der Waals surface area (Å²) in [5.74, 6) is 0.338. The van der Waals surface area contributed by atoms with Crippen LogP contribution in [0, 0.1) is 0 Å². The van der Waals surface area contributed by atoms with Crippen LogP contribution in [0.1, 0.15) is 5.69 Å². The van der Waals surface area contributed by atoms with E-state index in [2.05, 4.69) is 15.1 Å². The van der Waals surface area contributed by atoms with Crippen LogP contribution in [-0.2, 0) is 6.18 Å². The van der Waals surface area contributed by atoms with Crippen LogP contribution in [0.2, 0.25) is 10.0 Å². The summed E-state index contributed by atoms with van der Waals surface area (Å²) in [6.07, 6.45) is -4.70. The predicted molar refractivity (Wildman–Crippen MR) is 137 cm³/mol. The highest BCUT2D eigenvalue weighted by molar-refractivity contribution is 6.30. The fourth-order valence-electron chi connectivity index (χ4n) is 3.71. The van der Waals surface area contributed by atoms with Crippen molar-refractivity contribution in [2.45, 2.75) is 6.18 Å². The van der Waals surface area contributed by atoms with Gasteiger partial charge in [-0.15, -0.1) is 0 Å². The van der Waals surface area contributed by atoms with E-state index < -0.39 is 11.9 Å². The number of alkyl halides is 3. The molecule has 0 aliphatic carbocycles. The summed E-state index contributed by atoms with van der Waals surface area (Å²) in [5.41, 5.74) is 1.85. The van der Waals surface area contributed by atoms with Crippen LogP contribution in [0.15, 0.2) is 84.9 Å². The first-order valence-electron chi connectivity index (χ1n) is 10.9. The molecule has 5 nitrogen and oxygen atoms in total. The van der Waals surface area contributed by atoms with E-state index in [0.717, 1.165) is 11.6 Å². The van der Waals surface area contributed by atoms with Gasteiger partial charge in [0.1, 0.15) is 5.75 Å². The molecule has 3 aromatic carbocycles. The van der Waals surface area contributed by atoms with Crippen LogP contribution in [0.4, 0.5) is 13.2 Å². The second-order valence-corrected chi connectivity index (χ2v) is 8.88. The van der Waals surface area contributed by atoms with E-state index in [-0.39, 0.29) is 11.6 Å². The Bertz CT molecular complexity index is 1550. The molecule has 0 amide bonds. The lowest BCUT2D eigenvalue weighted by Crippen LogP contribution is -2.14. The molecule has 5 rings (SSSR count). The van der Waals surface area contributed by atoms with Gasteiger partial charge in [0.15, 0.2) is 5.69 Å². The van der Waals surface area contributed by atoms with Gasteiger partial charge in [0, 0.05) is 26.7 Å². The number of aromatic nitrogens is 4. The zero-order valence-corrected chi connectivity index (χ0v) is 20.7. The number of hydrogen-bond donors (Lipinski definition) is 0. The largest absolute Gasteiger partial charge is 0.497 e. The first-order valence-corrected chi connectivity index (χ1v) is 11.7. The lowest BCUT2D eigenvalue weighted by Gasteiger charge is -2.12. The average Bonchev–Trinajstić information content (AvgIpc) is 3.34. The van der Waals surface area contributed by atoms with E-state index in [0.29, 0.717) is 38.3 Å². The molecule has 0 saturated carbocycles. The Hall–Kier alpha value is -3.88. The first kappa shape index (κ1) is 24.8. The summed E-state index contributed by atoms with van der Waals surface area (Å²) in [6, 6.07) is 23.1. The molecule has 0 saturated heterocycles. The lowest BCUT2D eigenvalue weighted by molar-refractivity contribution is -0.141. The number of halogens is 5. The molecule has 0 radical (unpaired) electrons. The summed E-state index contributed by atoms with van der Waals surface area (Å²) < 4.78 is 48.2. The minimum Gasteiger partial charge on any atom is -0.497 e. The average molecular weight is 541 g/mol. The Morgan fingerprint density at radius 3 is 1.81 bits per heavy atom. The predicted octanol–water partition coefficient (Wildman–Crippen LogP) is 8.00. The molecular weight excluding hydrogens is 524 g/mol. The third-order valence-corrected chi connectivity index (χ3v) is 6.07. The summed E-state index contributed by atoms with van der Waals surface area (Å²) in [4.78, 5) is 8.32. The monoisotopic (exact) mass is 540 g/mol. The molecule has 0 N–H and O–H groups in total. The summed E-state index contributed by atoms with van der Waals surface area (Å²) in [5, 5.41) is 5.66. The molecular formula is C27H17Cl2F3N4O. The van der Waals surface area contributed by atoms with Crippen molar-refractivity contribution in [2.24, 2.45) is 0 Å². The molecule has 0 atom stereocenters. The SMILES string of the molecule is COc1ccc(-c2cc(C(F)(F)F)nc(-n3nc(-c4ccc(Cl)cc4)cc3-c3ccc(Cl)cc3)n2)cc1. The Morgan fingerprint density at radius 2 is 1.24 bits per heavy atom. The number of rotatable bonds is 5. The minimum atomic E-state index is -4.70. The molecule has 0 spiro atoms. The van der Waals surface area contributed by atoms with Crippen molar-refractivity contribution in [1.82, 2.24) is 19.7 Å². The van der Waals surface area contributed by atoms with Crippen molar-refractivity contribution in [3.63, 3.8) is 0 Å². The van der Waals surface area contributed by atoms with E-state index in [1.807, 2.05) is 0 Å². The van der Waals surface area contributed by atoms with E-state index in [4.69, 9.17) is 27.9 Å². The minimum absolute atomic E-state index is 0.0885. The summed E-state index contributed by atoms with van der Waals surface area (Å²) in [7, 11) is 1.51. The van der Waals surface area contributed by atoms with Crippen molar-refractivity contribution in [3.8, 4) is 45.5 Å². The Balaban J connectivity index is 1.72. The van der Waals surface area contributed by atoms with Gasteiger partial charge >= 0.3 is 6.18 Å². The fraction of sp³-hybridized carbons (Fsp3) is 0.0741. The van der Waals surface area contributed by atoms with Crippen molar-refractivity contribution in [2.75, 3.05) is 7.11 Å². The number of methoxy groups -OCH3 is 1. The summed E-state index contributed by atoms with van der Waals surface area (Å²) in [6.45, 7) is 0. The van der Waals surface area contributed by atoms with Crippen LogP contribution < -0.4 is 4.74 Å². The smallest absolute Gasteiger partial charge is 0.433 e. The third-order valence-electron chi connectivity index (χ3n) is 5.57. The molecule has 0 aliphatic heterocycles. The zero-order chi connectivity index (χ0) is 26.2. The van der Waals surface area contributed by atoms with Crippen LogP contribution in [-0.4, -0.2) is 26.9 Å². The van der Waals surface area contributed by atoms with E-state index >= 15 is 0 Å². The van der Waals surface area contributed by atoms with Gasteiger partial charge in [-0.2, -0.15) is 23.0 Å². The molecule has 0 unspecified atom stereocenters. The van der Waals surface area contributed by atoms with Crippen molar-refractivity contribution in [1.29, 1.82) is 0 Å². The Morgan fingerprint density at radius 1 is 0.703 bits per heavy atom. The van der Waals surface area contributed by atoms with Crippen molar-refractivity contribution < 1.29 is 17.9 Å². The maximum absolute atomic E-state index is 13.9. The van der Waals surface area contributed by atoms with Crippen LogP contribution >= 0.6 is 23.2 Å². The van der Waals surface area contributed by atoms with Gasteiger partial charge in [-0.3, -0.25) is 0 Å². The van der Waals surface area contributed by atoms with Crippen LogP contribution in [0.3, 0.4) is 0 Å². The number of nitrogens with zero attached hydrogens (tertiary/aromatic N) is 4. The second-order valence-electron chi connectivity index (χ2n) is 8.01. The lowest BCUT2D eigenvalue weighted by atomic mass is 10.1. The number of benzene rings is 3. The Kier molecular flexibility index (Phi) is 6.62. The normalized spacial score (nSPS) is 11.5. The molecule has 0 aliphatic rings. The maximum atomic E-state index is 13.9. The zero-order valence-electron chi connectivity index (χ0n) is 19.2.